The minimum Gasteiger partial charge on any atom is -0.436 e. The highest BCUT2D eigenvalue weighted by Gasteiger charge is 2.20. The van der Waals surface area contributed by atoms with Gasteiger partial charge < -0.3 is 15.5 Å². The van der Waals surface area contributed by atoms with Crippen LogP contribution >= 0.6 is 12.2 Å². The van der Waals surface area contributed by atoms with Crippen LogP contribution in [0.15, 0.2) is 4.42 Å². The zero-order chi connectivity index (χ0) is 13.0. The molecule has 0 saturated carbocycles. The Morgan fingerprint density at radius 3 is 2.65 bits per heavy atom. The molecule has 0 aliphatic rings. The van der Waals surface area contributed by atoms with E-state index in [9.17, 15) is 4.79 Å². The van der Waals surface area contributed by atoms with Crippen molar-refractivity contribution in [2.45, 2.75) is 39.7 Å². The number of oxazole rings is 1. The lowest BCUT2D eigenvalue weighted by molar-refractivity contribution is 0.0915. The number of nitrogens with one attached hydrogen (secondary N) is 1. The van der Waals surface area contributed by atoms with Crippen molar-refractivity contribution in [3.63, 3.8) is 0 Å². The number of aromatic nitrogens is 1. The Hall–Kier alpha value is -1.43. The molecule has 17 heavy (non-hydrogen) atoms. The molecule has 0 aliphatic heterocycles. The highest BCUT2D eigenvalue weighted by Crippen LogP contribution is 2.10. The Balaban J connectivity index is 2.77. The van der Waals surface area contributed by atoms with Crippen molar-refractivity contribution in [1.82, 2.24) is 10.3 Å². The van der Waals surface area contributed by atoms with Crippen molar-refractivity contribution < 1.29 is 9.21 Å². The minimum atomic E-state index is -0.325. The van der Waals surface area contributed by atoms with Crippen LogP contribution in [0.25, 0.3) is 0 Å². The fraction of sp³-hybridized carbons (Fsp3) is 0.545. The smallest absolute Gasteiger partial charge is 0.289 e. The number of carbonyl (C=O) groups excluding carboxylic acids is 1. The second-order valence-electron chi connectivity index (χ2n) is 3.86. The normalized spacial score (nSPS) is 12.2. The number of nitrogens with two attached hydrogens (primary N) is 1. The quantitative estimate of drug-likeness (QED) is 0.779. The number of aryl methyl sites for hydroxylation is 2. The lowest BCUT2D eigenvalue weighted by Crippen LogP contribution is -2.43. The number of hydrogen-bond donors (Lipinski definition) is 2. The predicted molar refractivity (Wildman–Crippen MR) is 68.9 cm³/mol. The number of thiocarbonyl (C=S) groups is 1. The van der Waals surface area contributed by atoms with Crippen molar-refractivity contribution in [1.29, 1.82) is 0 Å². The molecule has 3 N–H and O–H groups in total. The maximum Gasteiger partial charge on any atom is 0.289 e. The molecule has 0 aromatic carbocycles. The Bertz CT molecular complexity index is 428. The number of amides is 1. The van der Waals surface area contributed by atoms with Gasteiger partial charge in [-0.1, -0.05) is 25.6 Å². The first-order valence-electron chi connectivity index (χ1n) is 5.50. The molecule has 1 atom stereocenters. The van der Waals surface area contributed by atoms with Crippen molar-refractivity contribution >= 4 is 23.1 Å². The van der Waals surface area contributed by atoms with E-state index in [4.69, 9.17) is 22.4 Å². The molecule has 1 amide bonds. The Labute approximate surface area is 106 Å². The van der Waals surface area contributed by atoms with Gasteiger partial charge in [0.1, 0.15) is 0 Å². The Morgan fingerprint density at radius 1 is 1.59 bits per heavy atom. The molecule has 0 bridgehead atoms. The summed E-state index contributed by atoms with van der Waals surface area (Å²) in [6, 6.07) is -0.299. The average molecular weight is 255 g/mol. The first-order valence-corrected chi connectivity index (χ1v) is 5.90. The molecule has 0 spiro atoms. The maximum atomic E-state index is 11.9. The highest BCUT2D eigenvalue weighted by atomic mass is 32.1. The summed E-state index contributed by atoms with van der Waals surface area (Å²) in [4.78, 5) is 16.2. The van der Waals surface area contributed by atoms with Gasteiger partial charge in [0.05, 0.1) is 16.7 Å². The van der Waals surface area contributed by atoms with E-state index >= 15 is 0 Å². The van der Waals surface area contributed by atoms with Gasteiger partial charge >= 0.3 is 0 Å². The van der Waals surface area contributed by atoms with Crippen LogP contribution in [-0.4, -0.2) is 21.9 Å². The van der Waals surface area contributed by atoms with Gasteiger partial charge in [-0.05, 0) is 13.3 Å². The number of rotatable bonds is 5. The summed E-state index contributed by atoms with van der Waals surface area (Å²) >= 11 is 4.91. The summed E-state index contributed by atoms with van der Waals surface area (Å²) in [5.74, 6) is 0.365. The van der Waals surface area contributed by atoms with E-state index < -0.39 is 0 Å². The molecule has 5 nitrogen and oxygen atoms in total. The van der Waals surface area contributed by atoms with Gasteiger partial charge in [0.2, 0.25) is 5.76 Å². The van der Waals surface area contributed by atoms with E-state index in [1.807, 2.05) is 6.92 Å². The van der Waals surface area contributed by atoms with Crippen LogP contribution in [-0.2, 0) is 0 Å². The summed E-state index contributed by atoms with van der Waals surface area (Å²) in [6.45, 7) is 5.42. The van der Waals surface area contributed by atoms with E-state index in [1.54, 1.807) is 13.8 Å². The zero-order valence-electron chi connectivity index (χ0n) is 10.2. The summed E-state index contributed by atoms with van der Waals surface area (Å²) in [5.41, 5.74) is 6.13. The molecular formula is C11H17N3O2S. The molecule has 0 saturated heterocycles. The van der Waals surface area contributed by atoms with E-state index in [0.29, 0.717) is 18.0 Å². The molecule has 1 unspecified atom stereocenters. The largest absolute Gasteiger partial charge is 0.436 e. The Morgan fingerprint density at radius 2 is 2.24 bits per heavy atom. The standard InChI is InChI=1S/C11H17N3O2S/c1-4-5-8(10(12)17)14-11(15)9-6(2)13-7(3)16-9/h8H,4-5H2,1-3H3,(H2,12,17)(H,14,15). The van der Waals surface area contributed by atoms with Crippen molar-refractivity contribution in [3.05, 3.63) is 17.3 Å². The molecule has 1 aromatic rings. The average Bonchev–Trinajstić information content (AvgIpc) is 2.57. The van der Waals surface area contributed by atoms with Gasteiger partial charge in [-0.3, -0.25) is 4.79 Å². The van der Waals surface area contributed by atoms with Crippen molar-refractivity contribution in [3.8, 4) is 0 Å². The van der Waals surface area contributed by atoms with Crippen LogP contribution in [0.2, 0.25) is 0 Å². The second-order valence-corrected chi connectivity index (χ2v) is 4.34. The van der Waals surface area contributed by atoms with Crippen LogP contribution in [0.5, 0.6) is 0 Å². The third kappa shape index (κ3) is 3.52. The van der Waals surface area contributed by atoms with Gasteiger partial charge in [-0.15, -0.1) is 0 Å². The number of nitrogens with zero attached hydrogens (tertiary/aromatic N) is 1. The van der Waals surface area contributed by atoms with E-state index in [0.717, 1.165) is 6.42 Å². The maximum absolute atomic E-state index is 11.9. The molecular weight excluding hydrogens is 238 g/mol. The molecule has 0 aliphatic carbocycles. The minimum absolute atomic E-state index is 0.222. The lowest BCUT2D eigenvalue weighted by Gasteiger charge is -2.15. The van der Waals surface area contributed by atoms with Crippen LogP contribution < -0.4 is 11.1 Å². The monoisotopic (exact) mass is 255 g/mol. The number of carbonyl (C=O) groups is 1. The summed E-state index contributed by atoms with van der Waals surface area (Å²) in [7, 11) is 0. The van der Waals surface area contributed by atoms with Gasteiger partial charge in [0, 0.05) is 6.92 Å². The van der Waals surface area contributed by atoms with Gasteiger partial charge in [-0.2, -0.15) is 0 Å². The number of hydrogen-bond acceptors (Lipinski definition) is 4. The highest BCUT2D eigenvalue weighted by molar-refractivity contribution is 7.80. The van der Waals surface area contributed by atoms with E-state index in [2.05, 4.69) is 10.3 Å². The molecule has 1 heterocycles. The summed E-state index contributed by atoms with van der Waals surface area (Å²) in [5, 5.41) is 2.75. The van der Waals surface area contributed by atoms with Gasteiger partial charge in [0.25, 0.3) is 5.91 Å². The van der Waals surface area contributed by atoms with Crippen molar-refractivity contribution in [2.24, 2.45) is 5.73 Å². The third-order valence-electron chi connectivity index (χ3n) is 2.34. The second kappa shape index (κ2) is 5.77. The first kappa shape index (κ1) is 13.6. The fourth-order valence-electron chi connectivity index (χ4n) is 1.54. The third-order valence-corrected chi connectivity index (χ3v) is 2.62. The fourth-order valence-corrected chi connectivity index (χ4v) is 1.72. The van der Waals surface area contributed by atoms with Gasteiger partial charge in [0.15, 0.2) is 5.89 Å². The first-order chi connectivity index (χ1) is 7.95. The van der Waals surface area contributed by atoms with Crippen molar-refractivity contribution in [2.75, 3.05) is 0 Å². The topological polar surface area (TPSA) is 81.2 Å². The van der Waals surface area contributed by atoms with Crippen LogP contribution in [0, 0.1) is 13.8 Å². The lowest BCUT2D eigenvalue weighted by atomic mass is 10.1. The van der Waals surface area contributed by atoms with Crippen LogP contribution in [0.3, 0.4) is 0 Å². The predicted octanol–water partition coefficient (Wildman–Crippen LogP) is 1.48. The van der Waals surface area contributed by atoms with Gasteiger partial charge in [-0.25, -0.2) is 4.98 Å². The molecule has 6 heteroatoms. The zero-order valence-corrected chi connectivity index (χ0v) is 11.1. The van der Waals surface area contributed by atoms with Crippen LogP contribution in [0.4, 0.5) is 0 Å². The van der Waals surface area contributed by atoms with Crippen LogP contribution in [0.1, 0.15) is 41.9 Å². The molecule has 1 aromatic heterocycles. The summed E-state index contributed by atoms with van der Waals surface area (Å²) < 4.78 is 5.23. The molecule has 94 valence electrons. The van der Waals surface area contributed by atoms with E-state index in [-0.39, 0.29) is 22.7 Å². The van der Waals surface area contributed by atoms with E-state index in [1.165, 1.54) is 0 Å². The summed E-state index contributed by atoms with van der Waals surface area (Å²) in [6.07, 6.45) is 1.60. The molecule has 0 radical (unpaired) electrons. The molecule has 1 rings (SSSR count). The molecule has 0 fully saturated rings. The Kier molecular flexibility index (Phi) is 4.62. The SMILES string of the molecule is CCCC(NC(=O)c1oc(C)nc1C)C(N)=S.